The van der Waals surface area contributed by atoms with Crippen molar-refractivity contribution in [1.29, 1.82) is 0 Å². The Labute approximate surface area is 146 Å². The van der Waals surface area contributed by atoms with Gasteiger partial charge in [0, 0.05) is 19.0 Å². The molecule has 3 rings (SSSR count). The normalized spacial score (nSPS) is 17.6. The van der Waals surface area contributed by atoms with E-state index in [1.807, 2.05) is 24.3 Å². The van der Waals surface area contributed by atoms with E-state index in [1.54, 1.807) is 30.0 Å². The molecule has 0 spiro atoms. The average Bonchev–Trinajstić information content (AvgIpc) is 2.60. The van der Waals surface area contributed by atoms with Crippen LogP contribution in [0.4, 0.5) is 4.39 Å². The molecular weight excluding hydrogens is 321 g/mol. The number of rotatable bonds is 3. The Kier molecular flexibility index (Phi) is 4.83. The Morgan fingerprint density at radius 3 is 2.44 bits per heavy atom. The minimum Gasteiger partial charge on any atom is -0.453 e. The minimum absolute atomic E-state index is 0.321. The molecule has 0 aliphatic carbocycles. The van der Waals surface area contributed by atoms with Gasteiger partial charge in [-0.15, -0.1) is 0 Å². The van der Waals surface area contributed by atoms with Crippen molar-refractivity contribution in [2.45, 2.75) is 32.4 Å². The van der Waals surface area contributed by atoms with E-state index >= 15 is 0 Å². The lowest BCUT2D eigenvalue weighted by atomic mass is 9.87. The summed E-state index contributed by atoms with van der Waals surface area (Å²) in [4.78, 5) is 25.7. The zero-order valence-corrected chi connectivity index (χ0v) is 14.2. The van der Waals surface area contributed by atoms with E-state index in [0.29, 0.717) is 18.5 Å². The number of carbonyl (C=O) groups excluding carboxylic acids is 2. The van der Waals surface area contributed by atoms with Gasteiger partial charge in [-0.3, -0.25) is 9.59 Å². The second-order valence-electron chi connectivity index (χ2n) is 6.16. The van der Waals surface area contributed by atoms with Crippen LogP contribution in [0.15, 0.2) is 48.5 Å². The molecule has 1 aliphatic rings. The van der Waals surface area contributed by atoms with E-state index in [4.69, 9.17) is 4.74 Å². The molecule has 1 aliphatic heterocycles. The Bertz CT molecular complexity index is 805. The van der Waals surface area contributed by atoms with Gasteiger partial charge in [0.2, 0.25) is 0 Å². The van der Waals surface area contributed by atoms with Crippen molar-refractivity contribution >= 4 is 11.9 Å². The van der Waals surface area contributed by atoms with Crippen LogP contribution in [-0.2, 0) is 20.7 Å². The Hall–Kier alpha value is -2.69. The number of nitrogens with zero attached hydrogens (tertiary/aromatic N) is 1. The maximum Gasteiger partial charge on any atom is 0.303 e. The summed E-state index contributed by atoms with van der Waals surface area (Å²) in [6, 6.07) is 13.7. The molecule has 0 bridgehead atoms. The van der Waals surface area contributed by atoms with Gasteiger partial charge < -0.3 is 9.64 Å². The first-order valence-electron chi connectivity index (χ1n) is 8.29. The summed E-state index contributed by atoms with van der Waals surface area (Å²) < 4.78 is 19.5. The molecule has 4 nitrogen and oxygen atoms in total. The zero-order chi connectivity index (χ0) is 18.0. The second kappa shape index (κ2) is 7.05. The predicted octanol–water partition coefficient (Wildman–Crippen LogP) is 3.25. The standard InChI is InChI=1S/C20H20FNO3/c1-13(25-14(2)23)20(24)22-12-11-15-7-3-4-8-16(15)19(22)17-9-5-6-10-18(17)21/h3-10,13,19H,11-12H2,1-2H3/t13-,19?/m0/s1. The number of amides is 1. The molecule has 1 unspecified atom stereocenters. The molecule has 1 amide bonds. The van der Waals surface area contributed by atoms with Crippen molar-refractivity contribution in [2.24, 2.45) is 0 Å². The van der Waals surface area contributed by atoms with Crippen molar-refractivity contribution in [2.75, 3.05) is 6.54 Å². The number of fused-ring (bicyclic) bond motifs is 1. The molecule has 2 aromatic rings. The summed E-state index contributed by atoms with van der Waals surface area (Å²) in [5, 5.41) is 0. The summed E-state index contributed by atoms with van der Waals surface area (Å²) in [6.45, 7) is 3.26. The van der Waals surface area contributed by atoms with Crippen LogP contribution in [0.25, 0.3) is 0 Å². The van der Waals surface area contributed by atoms with Gasteiger partial charge in [0.15, 0.2) is 6.10 Å². The quantitative estimate of drug-likeness (QED) is 0.805. The summed E-state index contributed by atoms with van der Waals surface area (Å²) in [6.07, 6.45) is -0.225. The van der Waals surface area contributed by atoms with Crippen LogP contribution in [0.2, 0.25) is 0 Å². The van der Waals surface area contributed by atoms with Gasteiger partial charge in [-0.05, 0) is 30.5 Å². The van der Waals surface area contributed by atoms with Crippen molar-refractivity contribution in [3.8, 4) is 0 Å². The van der Waals surface area contributed by atoms with Crippen LogP contribution in [0.5, 0.6) is 0 Å². The highest BCUT2D eigenvalue weighted by molar-refractivity contribution is 5.84. The van der Waals surface area contributed by atoms with E-state index in [9.17, 15) is 14.0 Å². The fourth-order valence-corrected chi connectivity index (χ4v) is 3.37. The fraction of sp³-hybridized carbons (Fsp3) is 0.300. The van der Waals surface area contributed by atoms with Gasteiger partial charge in [0.1, 0.15) is 5.82 Å². The Morgan fingerprint density at radius 1 is 1.12 bits per heavy atom. The lowest BCUT2D eigenvalue weighted by Crippen LogP contribution is -2.46. The first-order valence-corrected chi connectivity index (χ1v) is 8.29. The summed E-state index contributed by atoms with van der Waals surface area (Å²) >= 11 is 0. The Balaban J connectivity index is 2.04. The molecule has 0 radical (unpaired) electrons. The van der Waals surface area contributed by atoms with Gasteiger partial charge in [-0.2, -0.15) is 0 Å². The van der Waals surface area contributed by atoms with Gasteiger partial charge in [0.05, 0.1) is 6.04 Å². The van der Waals surface area contributed by atoms with Crippen LogP contribution in [0.3, 0.4) is 0 Å². The van der Waals surface area contributed by atoms with Crippen LogP contribution >= 0.6 is 0 Å². The molecule has 130 valence electrons. The Morgan fingerprint density at radius 2 is 1.76 bits per heavy atom. The number of hydrogen-bond acceptors (Lipinski definition) is 3. The van der Waals surface area contributed by atoms with Gasteiger partial charge >= 0.3 is 5.97 Å². The highest BCUT2D eigenvalue weighted by Crippen LogP contribution is 2.36. The number of halogens is 1. The van der Waals surface area contributed by atoms with Crippen molar-refractivity contribution < 1.29 is 18.7 Å². The third-order valence-electron chi connectivity index (χ3n) is 4.46. The molecular formula is C20H20FNO3. The van der Waals surface area contributed by atoms with Crippen LogP contribution < -0.4 is 0 Å². The van der Waals surface area contributed by atoms with E-state index < -0.39 is 18.1 Å². The third kappa shape index (κ3) is 3.40. The van der Waals surface area contributed by atoms with Crippen LogP contribution in [-0.4, -0.2) is 29.4 Å². The van der Waals surface area contributed by atoms with Crippen molar-refractivity contribution in [1.82, 2.24) is 4.90 Å². The molecule has 1 heterocycles. The SMILES string of the molecule is CC(=O)O[C@@H](C)C(=O)N1CCc2ccccc2C1c1ccccc1F. The van der Waals surface area contributed by atoms with Gasteiger partial charge in [-0.1, -0.05) is 42.5 Å². The van der Waals surface area contributed by atoms with E-state index in [0.717, 1.165) is 11.1 Å². The highest BCUT2D eigenvalue weighted by atomic mass is 19.1. The zero-order valence-electron chi connectivity index (χ0n) is 14.2. The lowest BCUT2D eigenvalue weighted by molar-refractivity contribution is -0.158. The summed E-state index contributed by atoms with van der Waals surface area (Å²) in [7, 11) is 0. The number of benzene rings is 2. The topological polar surface area (TPSA) is 46.6 Å². The molecule has 5 heteroatoms. The van der Waals surface area contributed by atoms with Crippen LogP contribution in [0.1, 0.15) is 36.6 Å². The van der Waals surface area contributed by atoms with Crippen molar-refractivity contribution in [3.05, 3.63) is 71.0 Å². The first kappa shape index (κ1) is 17.1. The number of hydrogen-bond donors (Lipinski definition) is 0. The van der Waals surface area contributed by atoms with Gasteiger partial charge in [-0.25, -0.2) is 4.39 Å². The smallest absolute Gasteiger partial charge is 0.303 e. The second-order valence-corrected chi connectivity index (χ2v) is 6.16. The molecule has 0 saturated heterocycles. The number of esters is 1. The fourth-order valence-electron chi connectivity index (χ4n) is 3.37. The largest absolute Gasteiger partial charge is 0.453 e. The predicted molar refractivity (Wildman–Crippen MR) is 91.3 cm³/mol. The lowest BCUT2D eigenvalue weighted by Gasteiger charge is -2.38. The third-order valence-corrected chi connectivity index (χ3v) is 4.46. The molecule has 25 heavy (non-hydrogen) atoms. The average molecular weight is 341 g/mol. The first-order chi connectivity index (χ1) is 12.0. The summed E-state index contributed by atoms with van der Waals surface area (Å²) in [5.74, 6) is -1.19. The molecule has 0 aromatic heterocycles. The maximum absolute atomic E-state index is 14.5. The van der Waals surface area contributed by atoms with Crippen molar-refractivity contribution in [3.63, 3.8) is 0 Å². The monoisotopic (exact) mass is 341 g/mol. The maximum atomic E-state index is 14.5. The highest BCUT2D eigenvalue weighted by Gasteiger charge is 2.35. The molecule has 0 saturated carbocycles. The van der Waals surface area contributed by atoms with E-state index in [1.165, 1.54) is 13.0 Å². The number of carbonyl (C=O) groups is 2. The molecule has 0 fully saturated rings. The van der Waals surface area contributed by atoms with Gasteiger partial charge in [0.25, 0.3) is 5.91 Å². The molecule has 2 aromatic carbocycles. The molecule has 0 N–H and O–H groups in total. The summed E-state index contributed by atoms with van der Waals surface area (Å²) in [5.41, 5.74) is 2.44. The molecule has 2 atom stereocenters. The van der Waals surface area contributed by atoms with E-state index in [-0.39, 0.29) is 11.7 Å². The number of ether oxygens (including phenoxy) is 1. The minimum atomic E-state index is -0.906. The van der Waals surface area contributed by atoms with E-state index in [2.05, 4.69) is 0 Å². The van der Waals surface area contributed by atoms with Crippen LogP contribution in [0, 0.1) is 5.82 Å².